The Bertz CT molecular complexity index is 473. The van der Waals surface area contributed by atoms with E-state index in [4.69, 9.17) is 4.74 Å². The molecule has 1 N–H and O–H groups in total. The van der Waals surface area contributed by atoms with Gasteiger partial charge in [-0.2, -0.15) is 0 Å². The second kappa shape index (κ2) is 6.58. The van der Waals surface area contributed by atoms with Crippen LogP contribution in [-0.4, -0.2) is 35.6 Å². The molecule has 1 aromatic carbocycles. The van der Waals surface area contributed by atoms with Crippen LogP contribution in [0.4, 0.5) is 0 Å². The first kappa shape index (κ1) is 16.0. The number of amides is 1. The molecule has 1 fully saturated rings. The van der Waals surface area contributed by atoms with Crippen LogP contribution in [0.1, 0.15) is 45.8 Å². The second-order valence-corrected chi connectivity index (χ2v) is 6.10. The van der Waals surface area contributed by atoms with Crippen LogP contribution in [0, 0.1) is 0 Å². The van der Waals surface area contributed by atoms with E-state index in [1.807, 2.05) is 50.8 Å². The van der Waals surface area contributed by atoms with Gasteiger partial charge in [-0.3, -0.25) is 10.1 Å². The molecule has 0 spiro atoms. The third-order valence-electron chi connectivity index (χ3n) is 3.86. The highest BCUT2D eigenvalue weighted by molar-refractivity contribution is 5.84. The zero-order valence-electron chi connectivity index (χ0n) is 13.4. The quantitative estimate of drug-likeness (QED) is 0.876. The van der Waals surface area contributed by atoms with Crippen LogP contribution in [0.3, 0.4) is 0 Å². The lowest BCUT2D eigenvalue weighted by Gasteiger charge is -2.33. The maximum atomic E-state index is 12.6. The lowest BCUT2D eigenvalue weighted by molar-refractivity contribution is -0.134. The molecule has 116 valence electrons. The summed E-state index contributed by atoms with van der Waals surface area (Å²) in [5.74, 6) is 0.166. The summed E-state index contributed by atoms with van der Waals surface area (Å²) in [4.78, 5) is 14.5. The van der Waals surface area contributed by atoms with Crippen LogP contribution >= 0.6 is 0 Å². The molecule has 0 bridgehead atoms. The Morgan fingerprint density at radius 2 is 1.90 bits per heavy atom. The van der Waals surface area contributed by atoms with Gasteiger partial charge in [0.1, 0.15) is 6.17 Å². The molecule has 1 aliphatic rings. The average molecular weight is 290 g/mol. The minimum absolute atomic E-state index is 0.0663. The van der Waals surface area contributed by atoms with Crippen LogP contribution in [0.15, 0.2) is 30.3 Å². The molecular formula is C17H26N2O2. The maximum absolute atomic E-state index is 12.6. The lowest BCUT2D eigenvalue weighted by Crippen LogP contribution is -2.43. The lowest BCUT2D eigenvalue weighted by atomic mass is 10.1. The van der Waals surface area contributed by atoms with E-state index in [1.165, 1.54) is 0 Å². The molecule has 4 heteroatoms. The normalized spacial score (nSPS) is 22.9. The van der Waals surface area contributed by atoms with Crippen LogP contribution in [0.2, 0.25) is 0 Å². The Morgan fingerprint density at radius 1 is 1.24 bits per heavy atom. The minimum atomic E-state index is -0.345. The Kier molecular flexibility index (Phi) is 5.01. The molecule has 1 aliphatic heterocycles. The number of hydrogen-bond acceptors (Lipinski definition) is 3. The Hall–Kier alpha value is -1.39. The number of rotatable bonds is 6. The highest BCUT2D eigenvalue weighted by atomic mass is 16.5. The Balaban J connectivity index is 2.23. The molecule has 2 rings (SSSR count). The predicted octanol–water partition coefficient (Wildman–Crippen LogP) is 2.71. The smallest absolute Gasteiger partial charge is 0.241 e. The number of nitrogens with zero attached hydrogens (tertiary/aromatic N) is 1. The van der Waals surface area contributed by atoms with Crippen LogP contribution in [0.5, 0.6) is 0 Å². The van der Waals surface area contributed by atoms with Crippen molar-refractivity contribution in [3.05, 3.63) is 35.9 Å². The summed E-state index contributed by atoms with van der Waals surface area (Å²) in [5, 5.41) is 3.44. The molecule has 2 unspecified atom stereocenters. The van der Waals surface area contributed by atoms with E-state index in [-0.39, 0.29) is 23.7 Å². The molecule has 4 nitrogen and oxygen atoms in total. The summed E-state index contributed by atoms with van der Waals surface area (Å²) in [6.45, 7) is 9.32. The average Bonchev–Trinajstić information content (AvgIpc) is 2.76. The number of carbonyl (C=O) groups excluding carboxylic acids is 1. The van der Waals surface area contributed by atoms with Gasteiger partial charge in [-0.05, 0) is 32.8 Å². The van der Waals surface area contributed by atoms with Gasteiger partial charge in [0.15, 0.2) is 0 Å². The number of hydrogen-bond donors (Lipinski definition) is 1. The topological polar surface area (TPSA) is 41.6 Å². The third kappa shape index (κ3) is 3.63. The number of nitrogens with one attached hydrogen (secondary N) is 1. The maximum Gasteiger partial charge on any atom is 0.241 e. The zero-order chi connectivity index (χ0) is 15.5. The van der Waals surface area contributed by atoms with Gasteiger partial charge in [-0.1, -0.05) is 37.3 Å². The largest absolute Gasteiger partial charge is 0.374 e. The molecule has 1 aromatic rings. The Labute approximate surface area is 127 Å². The van der Waals surface area contributed by atoms with Crippen molar-refractivity contribution in [2.75, 3.05) is 13.2 Å². The van der Waals surface area contributed by atoms with Gasteiger partial charge in [0.05, 0.1) is 18.2 Å². The van der Waals surface area contributed by atoms with Gasteiger partial charge in [-0.25, -0.2) is 0 Å². The highest BCUT2D eigenvalue weighted by Gasteiger charge is 2.41. The van der Waals surface area contributed by atoms with Crippen molar-refractivity contribution in [1.82, 2.24) is 10.2 Å². The van der Waals surface area contributed by atoms with E-state index in [1.54, 1.807) is 0 Å². The van der Waals surface area contributed by atoms with Crippen molar-refractivity contribution in [3.8, 4) is 0 Å². The first-order valence-corrected chi connectivity index (χ1v) is 7.74. The van der Waals surface area contributed by atoms with E-state index in [0.717, 1.165) is 12.0 Å². The van der Waals surface area contributed by atoms with E-state index >= 15 is 0 Å². The summed E-state index contributed by atoms with van der Waals surface area (Å²) in [6.07, 6.45) is 0.733. The standard InChI is InChI=1S/C17H26N2O2/c1-5-14-16(20)19(12-17(3,4)21-6-2)15(18-14)13-10-8-7-9-11-13/h7-11,14-15,18H,5-6,12H2,1-4H3. The summed E-state index contributed by atoms with van der Waals surface area (Å²) >= 11 is 0. The summed E-state index contributed by atoms with van der Waals surface area (Å²) in [6, 6.07) is 10.0. The van der Waals surface area contributed by atoms with Crippen molar-refractivity contribution in [3.63, 3.8) is 0 Å². The zero-order valence-corrected chi connectivity index (χ0v) is 13.4. The summed E-state index contributed by atoms with van der Waals surface area (Å²) in [5.41, 5.74) is 0.774. The fraction of sp³-hybridized carbons (Fsp3) is 0.588. The molecule has 0 radical (unpaired) electrons. The third-order valence-corrected chi connectivity index (χ3v) is 3.86. The summed E-state index contributed by atoms with van der Waals surface area (Å²) in [7, 11) is 0. The van der Waals surface area contributed by atoms with E-state index in [9.17, 15) is 4.79 Å². The number of ether oxygens (including phenoxy) is 1. The monoisotopic (exact) mass is 290 g/mol. The number of carbonyl (C=O) groups is 1. The molecule has 1 amide bonds. The van der Waals surface area contributed by atoms with Crippen LogP contribution < -0.4 is 5.32 Å². The number of benzene rings is 1. The van der Waals surface area contributed by atoms with Crippen molar-refractivity contribution in [1.29, 1.82) is 0 Å². The highest BCUT2D eigenvalue weighted by Crippen LogP contribution is 2.28. The van der Waals surface area contributed by atoms with Crippen molar-refractivity contribution < 1.29 is 9.53 Å². The van der Waals surface area contributed by atoms with Crippen molar-refractivity contribution >= 4 is 5.91 Å². The first-order valence-electron chi connectivity index (χ1n) is 7.74. The van der Waals surface area contributed by atoms with Gasteiger partial charge >= 0.3 is 0 Å². The minimum Gasteiger partial charge on any atom is -0.374 e. The van der Waals surface area contributed by atoms with Gasteiger partial charge < -0.3 is 9.64 Å². The molecule has 0 aliphatic carbocycles. The molecule has 0 saturated carbocycles. The molecule has 1 heterocycles. The van der Waals surface area contributed by atoms with Gasteiger partial charge in [0, 0.05) is 6.61 Å². The van der Waals surface area contributed by atoms with Crippen LogP contribution in [0.25, 0.3) is 0 Å². The SMILES string of the molecule is CCOC(C)(C)CN1C(=O)C(CC)NC1c1ccccc1. The van der Waals surface area contributed by atoms with Crippen molar-refractivity contribution in [2.24, 2.45) is 0 Å². The fourth-order valence-corrected chi connectivity index (χ4v) is 2.90. The van der Waals surface area contributed by atoms with Crippen molar-refractivity contribution in [2.45, 2.75) is 51.9 Å². The van der Waals surface area contributed by atoms with E-state index < -0.39 is 0 Å². The molecular weight excluding hydrogens is 264 g/mol. The van der Waals surface area contributed by atoms with Crippen LogP contribution in [-0.2, 0) is 9.53 Å². The van der Waals surface area contributed by atoms with Gasteiger partial charge in [0.2, 0.25) is 5.91 Å². The molecule has 1 saturated heterocycles. The van der Waals surface area contributed by atoms with E-state index in [2.05, 4.69) is 17.4 Å². The predicted molar refractivity (Wildman–Crippen MR) is 83.8 cm³/mol. The second-order valence-electron chi connectivity index (χ2n) is 6.10. The molecule has 2 atom stereocenters. The fourth-order valence-electron chi connectivity index (χ4n) is 2.90. The Morgan fingerprint density at radius 3 is 2.48 bits per heavy atom. The first-order chi connectivity index (χ1) is 9.98. The van der Waals surface area contributed by atoms with E-state index in [0.29, 0.717) is 13.2 Å². The molecule has 0 aromatic heterocycles. The summed E-state index contributed by atoms with van der Waals surface area (Å²) < 4.78 is 5.77. The van der Waals surface area contributed by atoms with Gasteiger partial charge in [-0.15, -0.1) is 0 Å². The van der Waals surface area contributed by atoms with Gasteiger partial charge in [0.25, 0.3) is 0 Å². The molecule has 21 heavy (non-hydrogen) atoms.